The van der Waals surface area contributed by atoms with Crippen LogP contribution in [0.2, 0.25) is 0 Å². The number of thiazole rings is 1. The van der Waals surface area contributed by atoms with E-state index >= 15 is 0 Å². The van der Waals surface area contributed by atoms with E-state index in [9.17, 15) is 10.1 Å². The molecule has 0 bridgehead atoms. The normalized spacial score (nSPS) is 14.3. The largest absolute Gasteiger partial charge is 0.497 e. The summed E-state index contributed by atoms with van der Waals surface area (Å²) < 4.78 is 11.4. The maximum atomic E-state index is 11.7. The molecule has 10 nitrogen and oxygen atoms in total. The summed E-state index contributed by atoms with van der Waals surface area (Å²) in [4.78, 5) is 25.8. The summed E-state index contributed by atoms with van der Waals surface area (Å²) in [6.45, 7) is 2.09. The molecular weight excluding hydrogens is 372 g/mol. The van der Waals surface area contributed by atoms with Crippen molar-refractivity contribution in [2.75, 3.05) is 43.6 Å². The van der Waals surface area contributed by atoms with Crippen molar-refractivity contribution in [1.29, 1.82) is 0 Å². The molecule has 0 radical (unpaired) electrons. The van der Waals surface area contributed by atoms with Crippen LogP contribution >= 0.6 is 11.3 Å². The van der Waals surface area contributed by atoms with Crippen molar-refractivity contribution < 1.29 is 14.4 Å². The smallest absolute Gasteiger partial charge is 0.353 e. The Bertz CT molecular complexity index is 988. The number of rotatable bonds is 5. The molecule has 3 heterocycles. The minimum absolute atomic E-state index is 0.113. The average Bonchev–Trinajstić information content (AvgIpc) is 3.09. The fraction of sp³-hybridized carbons (Fsp3) is 0.312. The molecule has 0 amide bonds. The second kappa shape index (κ2) is 7.29. The number of hydrogen-bond acceptors (Lipinski definition) is 10. The number of nitrogens with zero attached hydrogens (tertiary/aromatic N) is 5. The zero-order chi connectivity index (χ0) is 18.8. The van der Waals surface area contributed by atoms with E-state index in [1.807, 2.05) is 23.1 Å². The number of nitrogens with one attached hydrogen (secondary N) is 1. The van der Waals surface area contributed by atoms with Gasteiger partial charge in [-0.25, -0.2) is 15.0 Å². The van der Waals surface area contributed by atoms with E-state index in [1.165, 1.54) is 17.7 Å². The Kier molecular flexibility index (Phi) is 4.69. The van der Waals surface area contributed by atoms with Crippen molar-refractivity contribution in [2.45, 2.75) is 0 Å². The summed E-state index contributed by atoms with van der Waals surface area (Å²) in [7, 11) is 1.60. The fourth-order valence-corrected chi connectivity index (χ4v) is 3.72. The van der Waals surface area contributed by atoms with Crippen molar-refractivity contribution in [3.8, 4) is 5.75 Å². The molecule has 1 N–H and O–H groups in total. The number of hydrogen-bond donors (Lipinski definition) is 1. The third-order valence-corrected chi connectivity index (χ3v) is 5.05. The first kappa shape index (κ1) is 17.4. The first-order valence-electron chi connectivity index (χ1n) is 8.19. The van der Waals surface area contributed by atoms with Crippen molar-refractivity contribution in [3.63, 3.8) is 0 Å². The molecule has 2 aromatic heterocycles. The number of benzene rings is 1. The van der Waals surface area contributed by atoms with Gasteiger partial charge in [0, 0.05) is 13.1 Å². The van der Waals surface area contributed by atoms with Crippen LogP contribution in [0.25, 0.3) is 10.2 Å². The zero-order valence-corrected chi connectivity index (χ0v) is 15.2. The van der Waals surface area contributed by atoms with Crippen LogP contribution in [0.4, 0.5) is 22.5 Å². The van der Waals surface area contributed by atoms with Gasteiger partial charge in [-0.2, -0.15) is 0 Å². The van der Waals surface area contributed by atoms with E-state index in [0.29, 0.717) is 31.4 Å². The molecule has 11 heteroatoms. The van der Waals surface area contributed by atoms with Gasteiger partial charge < -0.3 is 19.7 Å². The van der Waals surface area contributed by atoms with E-state index in [1.54, 1.807) is 7.11 Å². The minimum Gasteiger partial charge on any atom is -0.497 e. The summed E-state index contributed by atoms with van der Waals surface area (Å²) in [5.74, 6) is 1.12. The Morgan fingerprint density at radius 2 is 2.15 bits per heavy atom. The van der Waals surface area contributed by atoms with Gasteiger partial charge in [0.1, 0.15) is 12.1 Å². The molecule has 0 atom stereocenters. The molecule has 140 valence electrons. The number of ether oxygens (including phenoxy) is 2. The molecule has 27 heavy (non-hydrogen) atoms. The standard InChI is InChI=1S/C16H16N6O4S/c1-25-10-2-3-11-12(8-10)27-16(19-11)20-14-13(22(23)24)15(18-9-17-14)21-4-6-26-7-5-21/h2-3,8-9H,4-7H2,1H3,(H,17,18,19,20). The zero-order valence-electron chi connectivity index (χ0n) is 14.4. The molecule has 3 aromatic rings. The lowest BCUT2D eigenvalue weighted by Gasteiger charge is -2.27. The van der Waals surface area contributed by atoms with E-state index in [2.05, 4.69) is 20.3 Å². The Morgan fingerprint density at radius 3 is 2.89 bits per heavy atom. The average molecular weight is 388 g/mol. The van der Waals surface area contributed by atoms with Gasteiger partial charge in [0.2, 0.25) is 11.6 Å². The fourth-order valence-electron chi connectivity index (χ4n) is 2.82. The molecule has 1 aliphatic heterocycles. The van der Waals surface area contributed by atoms with Crippen LogP contribution in [0.1, 0.15) is 0 Å². The molecule has 4 rings (SSSR count). The minimum atomic E-state index is -0.469. The van der Waals surface area contributed by atoms with Crippen LogP contribution < -0.4 is 15.0 Å². The van der Waals surface area contributed by atoms with Crippen LogP contribution in [-0.4, -0.2) is 53.3 Å². The highest BCUT2D eigenvalue weighted by atomic mass is 32.1. The quantitative estimate of drug-likeness (QED) is 0.520. The summed E-state index contributed by atoms with van der Waals surface area (Å²) in [6, 6.07) is 5.52. The third-order valence-electron chi connectivity index (χ3n) is 4.12. The molecule has 1 saturated heterocycles. The van der Waals surface area contributed by atoms with Gasteiger partial charge in [-0.3, -0.25) is 10.1 Å². The van der Waals surface area contributed by atoms with Crippen LogP contribution in [-0.2, 0) is 4.74 Å². The van der Waals surface area contributed by atoms with Crippen LogP contribution in [0.5, 0.6) is 5.75 Å². The highest BCUT2D eigenvalue weighted by molar-refractivity contribution is 7.22. The predicted molar refractivity (Wildman–Crippen MR) is 101 cm³/mol. The highest BCUT2D eigenvalue weighted by Gasteiger charge is 2.28. The lowest BCUT2D eigenvalue weighted by Crippen LogP contribution is -2.37. The summed E-state index contributed by atoms with van der Waals surface area (Å²) >= 11 is 1.36. The van der Waals surface area contributed by atoms with Gasteiger partial charge >= 0.3 is 5.69 Å². The summed E-state index contributed by atoms with van der Waals surface area (Å²) in [5.41, 5.74) is 0.602. The Morgan fingerprint density at radius 1 is 1.33 bits per heavy atom. The number of methoxy groups -OCH3 is 1. The van der Waals surface area contributed by atoms with Crippen LogP contribution in [0.3, 0.4) is 0 Å². The van der Waals surface area contributed by atoms with Crippen molar-refractivity contribution >= 4 is 44.0 Å². The van der Waals surface area contributed by atoms with Gasteiger partial charge in [-0.15, -0.1) is 0 Å². The first-order chi connectivity index (χ1) is 13.2. The van der Waals surface area contributed by atoms with Crippen molar-refractivity contribution in [3.05, 3.63) is 34.6 Å². The topological polar surface area (TPSA) is 116 Å². The Labute approximate surface area is 157 Å². The second-order valence-electron chi connectivity index (χ2n) is 5.73. The molecule has 0 unspecified atom stereocenters. The van der Waals surface area contributed by atoms with Gasteiger partial charge in [0.25, 0.3) is 0 Å². The van der Waals surface area contributed by atoms with Crippen LogP contribution in [0.15, 0.2) is 24.5 Å². The van der Waals surface area contributed by atoms with E-state index in [0.717, 1.165) is 16.0 Å². The third kappa shape index (κ3) is 3.46. The lowest BCUT2D eigenvalue weighted by atomic mass is 10.3. The molecule has 0 saturated carbocycles. The lowest BCUT2D eigenvalue weighted by molar-refractivity contribution is -0.383. The molecular formula is C16H16N6O4S. The molecule has 1 aliphatic rings. The molecule has 0 spiro atoms. The predicted octanol–water partition coefficient (Wildman–Crippen LogP) is 2.58. The van der Waals surface area contributed by atoms with Gasteiger partial charge in [-0.1, -0.05) is 11.3 Å². The second-order valence-corrected chi connectivity index (χ2v) is 6.76. The maximum Gasteiger partial charge on any atom is 0.353 e. The van der Waals surface area contributed by atoms with Crippen molar-refractivity contribution in [2.24, 2.45) is 0 Å². The molecule has 1 aromatic carbocycles. The van der Waals surface area contributed by atoms with E-state index in [-0.39, 0.29) is 17.3 Å². The highest BCUT2D eigenvalue weighted by Crippen LogP contribution is 2.36. The summed E-state index contributed by atoms with van der Waals surface area (Å²) in [6.07, 6.45) is 1.32. The number of aromatic nitrogens is 3. The van der Waals surface area contributed by atoms with Crippen LogP contribution in [0, 0.1) is 10.1 Å². The molecule has 1 fully saturated rings. The number of morpholine rings is 1. The number of anilines is 3. The van der Waals surface area contributed by atoms with E-state index < -0.39 is 4.92 Å². The first-order valence-corrected chi connectivity index (χ1v) is 9.01. The Balaban J connectivity index is 1.70. The van der Waals surface area contributed by atoms with Gasteiger partial charge in [0.15, 0.2) is 5.13 Å². The maximum absolute atomic E-state index is 11.7. The monoisotopic (exact) mass is 388 g/mol. The number of fused-ring (bicyclic) bond motifs is 1. The van der Waals surface area contributed by atoms with Crippen molar-refractivity contribution in [1.82, 2.24) is 15.0 Å². The SMILES string of the molecule is COc1ccc2nc(Nc3ncnc(N4CCOCC4)c3[N+](=O)[O-])sc2c1. The van der Waals surface area contributed by atoms with Gasteiger partial charge in [-0.05, 0) is 18.2 Å². The summed E-state index contributed by atoms with van der Waals surface area (Å²) in [5, 5.41) is 15.2. The Hall–Kier alpha value is -3.05. The molecule has 0 aliphatic carbocycles. The number of nitro groups is 1. The van der Waals surface area contributed by atoms with E-state index in [4.69, 9.17) is 9.47 Å². The van der Waals surface area contributed by atoms with Gasteiger partial charge in [0.05, 0.1) is 35.5 Å².